The van der Waals surface area contributed by atoms with Crippen LogP contribution in [0.2, 0.25) is 0 Å². The lowest BCUT2D eigenvalue weighted by Gasteiger charge is -2.46. The maximum Gasteiger partial charge on any atom is 0.187 e. The number of rotatable bonds is 2. The number of thiol groups is 1. The molecule has 1 aliphatic rings. The minimum absolute atomic E-state index is 0.129. The van der Waals surface area contributed by atoms with Crippen LogP contribution in [-0.4, -0.2) is 24.7 Å². The van der Waals surface area contributed by atoms with E-state index >= 15 is 0 Å². The smallest absolute Gasteiger partial charge is 0.187 e. The summed E-state index contributed by atoms with van der Waals surface area (Å²) >= 11 is 8.03. The maximum absolute atomic E-state index is 4.46. The molecular weight excluding hydrogens is 374 g/mol. The average Bonchev–Trinajstić information content (AvgIpc) is 2.84. The first kappa shape index (κ1) is 15.1. The summed E-state index contributed by atoms with van der Waals surface area (Å²) in [4.78, 5) is 8.87. The van der Waals surface area contributed by atoms with Gasteiger partial charge in [-0.15, -0.1) is 22.8 Å². The third kappa shape index (κ3) is 2.21. The second-order valence-electron chi connectivity index (χ2n) is 6.36. The monoisotopic (exact) mass is 389 g/mol. The lowest BCUT2D eigenvalue weighted by atomic mass is 9.58. The highest BCUT2D eigenvalue weighted by atomic mass is 79.9. The van der Waals surface area contributed by atoms with Crippen LogP contribution in [0.1, 0.15) is 31.2 Å². The van der Waals surface area contributed by atoms with E-state index in [2.05, 4.69) is 67.8 Å². The van der Waals surface area contributed by atoms with Crippen LogP contribution in [0.15, 0.2) is 34.2 Å². The van der Waals surface area contributed by atoms with E-state index in [1.807, 2.05) is 11.6 Å². The van der Waals surface area contributed by atoms with E-state index < -0.39 is 0 Å². The Balaban J connectivity index is 1.94. The van der Waals surface area contributed by atoms with Crippen LogP contribution in [0.5, 0.6) is 0 Å². The summed E-state index contributed by atoms with van der Waals surface area (Å²) in [6, 6.07) is 4.28. The van der Waals surface area contributed by atoms with Gasteiger partial charge in [0.2, 0.25) is 0 Å². The number of nitrogens with zero attached hydrogens (tertiary/aromatic N) is 5. The second-order valence-corrected chi connectivity index (χ2v) is 7.61. The molecule has 2 heterocycles. The molecule has 0 unspecified atom stereocenters. The van der Waals surface area contributed by atoms with Crippen molar-refractivity contribution in [1.82, 2.24) is 24.7 Å². The van der Waals surface area contributed by atoms with Crippen LogP contribution >= 0.6 is 28.6 Å². The Hall–Kier alpha value is -1.47. The summed E-state index contributed by atoms with van der Waals surface area (Å²) < 4.78 is 2.94. The minimum Gasteiger partial charge on any atom is -0.309 e. The van der Waals surface area contributed by atoms with Gasteiger partial charge in [-0.05, 0) is 52.4 Å². The van der Waals surface area contributed by atoms with Crippen molar-refractivity contribution in [1.29, 1.82) is 0 Å². The molecule has 0 atom stereocenters. The van der Waals surface area contributed by atoms with Crippen LogP contribution in [-0.2, 0) is 12.5 Å². The largest absolute Gasteiger partial charge is 0.309 e. The van der Waals surface area contributed by atoms with E-state index in [1.165, 1.54) is 5.56 Å². The molecule has 2 aromatic heterocycles. The van der Waals surface area contributed by atoms with Crippen molar-refractivity contribution < 1.29 is 0 Å². The third-order valence-corrected chi connectivity index (χ3v) is 5.75. The molecule has 1 aromatic carbocycles. The molecule has 4 rings (SSSR count). The molecule has 1 saturated carbocycles. The lowest BCUT2D eigenvalue weighted by Crippen LogP contribution is -2.43. The molecule has 118 valence electrons. The molecule has 1 aliphatic carbocycles. The standard InChI is InChI=1S/C16H16BrN5S/c1-9-7-16(8-9,14-20-21-15(23)22(14)2)10-5-11(17)13-12(6-10)18-3-4-19-13/h3-6,9H,7-8H2,1-2H3,(H,21,23). The van der Waals surface area contributed by atoms with Gasteiger partial charge in [0.05, 0.1) is 10.9 Å². The van der Waals surface area contributed by atoms with Crippen molar-refractivity contribution in [3.05, 3.63) is 40.4 Å². The van der Waals surface area contributed by atoms with Gasteiger partial charge < -0.3 is 4.57 Å². The van der Waals surface area contributed by atoms with E-state index in [1.54, 1.807) is 12.4 Å². The van der Waals surface area contributed by atoms with Crippen LogP contribution in [0, 0.1) is 5.92 Å². The molecule has 0 amide bonds. The summed E-state index contributed by atoms with van der Waals surface area (Å²) in [6.45, 7) is 2.27. The summed E-state index contributed by atoms with van der Waals surface area (Å²) in [6.07, 6.45) is 5.53. The molecule has 0 saturated heterocycles. The Bertz CT molecular complexity index is 901. The number of halogens is 1. The Labute approximate surface area is 148 Å². The fourth-order valence-corrected chi connectivity index (χ4v) is 4.42. The molecule has 0 radical (unpaired) electrons. The number of fused-ring (bicyclic) bond motifs is 1. The molecule has 23 heavy (non-hydrogen) atoms. The fourth-order valence-electron chi connectivity index (χ4n) is 3.72. The molecule has 7 heteroatoms. The van der Waals surface area contributed by atoms with Crippen molar-refractivity contribution >= 4 is 39.6 Å². The molecule has 0 N–H and O–H groups in total. The Kier molecular flexibility index (Phi) is 3.46. The van der Waals surface area contributed by atoms with Gasteiger partial charge in [0.15, 0.2) is 5.16 Å². The van der Waals surface area contributed by atoms with E-state index in [-0.39, 0.29) is 5.41 Å². The summed E-state index contributed by atoms with van der Waals surface area (Å²) in [5.41, 5.74) is 2.85. The fraction of sp³-hybridized carbons (Fsp3) is 0.375. The van der Waals surface area contributed by atoms with E-state index in [0.717, 1.165) is 34.2 Å². The molecule has 0 bridgehead atoms. The first-order valence-corrected chi connectivity index (χ1v) is 8.75. The average molecular weight is 390 g/mol. The zero-order chi connectivity index (χ0) is 16.2. The van der Waals surface area contributed by atoms with Gasteiger partial charge in [-0.1, -0.05) is 6.92 Å². The molecule has 3 aromatic rings. The van der Waals surface area contributed by atoms with Crippen LogP contribution in [0.3, 0.4) is 0 Å². The van der Waals surface area contributed by atoms with Crippen molar-refractivity contribution in [2.24, 2.45) is 13.0 Å². The normalized spacial score (nSPS) is 23.9. The number of hydrogen-bond donors (Lipinski definition) is 1. The van der Waals surface area contributed by atoms with Gasteiger partial charge in [0.25, 0.3) is 0 Å². The zero-order valence-corrected chi connectivity index (χ0v) is 15.3. The lowest BCUT2D eigenvalue weighted by molar-refractivity contribution is 0.184. The Morgan fingerprint density at radius 1 is 1.22 bits per heavy atom. The van der Waals surface area contributed by atoms with Crippen molar-refractivity contribution in [3.63, 3.8) is 0 Å². The highest BCUT2D eigenvalue weighted by molar-refractivity contribution is 9.10. The molecule has 5 nitrogen and oxygen atoms in total. The summed E-state index contributed by atoms with van der Waals surface area (Å²) in [7, 11) is 1.97. The molecule has 0 aliphatic heterocycles. The first-order chi connectivity index (χ1) is 11.0. The minimum atomic E-state index is -0.129. The molecule has 0 spiro atoms. The van der Waals surface area contributed by atoms with Gasteiger partial charge in [-0.25, -0.2) is 0 Å². The van der Waals surface area contributed by atoms with Gasteiger partial charge in [0.1, 0.15) is 11.3 Å². The predicted octanol–water partition coefficient (Wildman–Crippen LogP) is 3.53. The number of hydrogen-bond acceptors (Lipinski definition) is 5. The Morgan fingerprint density at radius 3 is 2.61 bits per heavy atom. The van der Waals surface area contributed by atoms with Crippen molar-refractivity contribution in [2.75, 3.05) is 0 Å². The maximum atomic E-state index is 4.46. The zero-order valence-electron chi connectivity index (χ0n) is 12.9. The summed E-state index contributed by atoms with van der Waals surface area (Å²) in [5.74, 6) is 1.63. The highest BCUT2D eigenvalue weighted by Gasteiger charge is 2.48. The quantitative estimate of drug-likeness (QED) is 0.681. The highest BCUT2D eigenvalue weighted by Crippen LogP contribution is 2.52. The van der Waals surface area contributed by atoms with E-state index in [4.69, 9.17) is 0 Å². The number of benzene rings is 1. The number of aromatic nitrogens is 5. The SMILES string of the molecule is CC1CC(c2cc(Br)c3nccnc3c2)(c2nnc(S)n2C)C1. The second kappa shape index (κ2) is 5.27. The molecule has 1 fully saturated rings. The summed E-state index contributed by atoms with van der Waals surface area (Å²) in [5, 5.41) is 9.19. The van der Waals surface area contributed by atoms with Gasteiger partial charge in [-0.3, -0.25) is 9.97 Å². The van der Waals surface area contributed by atoms with Crippen molar-refractivity contribution in [2.45, 2.75) is 30.3 Å². The molecular formula is C16H16BrN5S. The van der Waals surface area contributed by atoms with E-state index in [0.29, 0.717) is 11.1 Å². The van der Waals surface area contributed by atoms with Gasteiger partial charge in [0, 0.05) is 23.9 Å². The van der Waals surface area contributed by atoms with Gasteiger partial charge >= 0.3 is 0 Å². The Morgan fingerprint density at radius 2 is 1.96 bits per heavy atom. The first-order valence-electron chi connectivity index (χ1n) is 7.51. The van der Waals surface area contributed by atoms with Crippen LogP contribution < -0.4 is 0 Å². The van der Waals surface area contributed by atoms with E-state index in [9.17, 15) is 0 Å². The third-order valence-electron chi connectivity index (χ3n) is 4.75. The topological polar surface area (TPSA) is 56.5 Å². The van der Waals surface area contributed by atoms with Crippen molar-refractivity contribution in [3.8, 4) is 0 Å². The van der Waals surface area contributed by atoms with Crippen LogP contribution in [0.4, 0.5) is 0 Å². The van der Waals surface area contributed by atoms with Gasteiger partial charge in [-0.2, -0.15) is 0 Å². The van der Waals surface area contributed by atoms with Crippen LogP contribution in [0.25, 0.3) is 11.0 Å². The predicted molar refractivity (Wildman–Crippen MR) is 94.7 cm³/mol.